The number of aliphatic hydroxyl groups excluding tert-OH is 1. The summed E-state index contributed by atoms with van der Waals surface area (Å²) in [6, 6.07) is 0.433. The fraction of sp³-hybridized carbons (Fsp3) is 1.00. The number of nitrogens with zero attached hydrogens (tertiary/aromatic N) is 1. The molecule has 1 unspecified atom stereocenters. The number of rotatable bonds is 2. The monoisotopic (exact) mass is 214 g/mol. The molecule has 1 heterocycles. The van der Waals surface area contributed by atoms with Crippen molar-refractivity contribution < 1.29 is 5.11 Å². The first-order valence-corrected chi connectivity index (χ1v) is 5.89. The Morgan fingerprint density at radius 1 is 1.40 bits per heavy atom. The zero-order valence-corrected chi connectivity index (χ0v) is 10.8. The van der Waals surface area contributed by atoms with Crippen LogP contribution < -0.4 is 5.32 Å². The number of aliphatic hydroxyl groups is 1. The van der Waals surface area contributed by atoms with Crippen LogP contribution in [0.4, 0.5) is 0 Å². The molecular formula is C12H26N2O. The average Bonchev–Trinajstić information content (AvgIpc) is 2.06. The molecule has 1 saturated heterocycles. The van der Waals surface area contributed by atoms with Gasteiger partial charge in [-0.2, -0.15) is 0 Å². The second-order valence-corrected chi connectivity index (χ2v) is 6.18. The first kappa shape index (κ1) is 12.9. The highest BCUT2D eigenvalue weighted by atomic mass is 16.3. The molecule has 1 aliphatic heterocycles. The summed E-state index contributed by atoms with van der Waals surface area (Å²) in [7, 11) is 0. The van der Waals surface area contributed by atoms with E-state index in [9.17, 15) is 0 Å². The van der Waals surface area contributed by atoms with Crippen molar-refractivity contribution in [2.45, 2.75) is 58.2 Å². The normalized spacial score (nSPS) is 28.0. The van der Waals surface area contributed by atoms with Gasteiger partial charge in [-0.05, 0) is 41.0 Å². The zero-order chi connectivity index (χ0) is 11.7. The van der Waals surface area contributed by atoms with Gasteiger partial charge in [0.15, 0.2) is 0 Å². The van der Waals surface area contributed by atoms with E-state index in [4.69, 9.17) is 5.11 Å². The summed E-state index contributed by atoms with van der Waals surface area (Å²) in [6.07, 6.45) is 0.850. The Morgan fingerprint density at radius 2 is 2.00 bits per heavy atom. The summed E-state index contributed by atoms with van der Waals surface area (Å²) < 4.78 is 0. The van der Waals surface area contributed by atoms with Crippen LogP contribution in [0, 0.1) is 0 Å². The first-order chi connectivity index (χ1) is 6.77. The van der Waals surface area contributed by atoms with Crippen molar-refractivity contribution in [3.8, 4) is 0 Å². The quantitative estimate of drug-likeness (QED) is 0.725. The van der Waals surface area contributed by atoms with Crippen LogP contribution >= 0.6 is 0 Å². The minimum Gasteiger partial charge on any atom is -0.396 e. The molecule has 3 heteroatoms. The molecule has 0 aromatic carbocycles. The Balaban J connectivity index is 2.71. The molecule has 90 valence electrons. The lowest BCUT2D eigenvalue weighted by Gasteiger charge is -2.52. The molecule has 0 bridgehead atoms. The molecule has 1 fully saturated rings. The van der Waals surface area contributed by atoms with E-state index in [1.165, 1.54) is 0 Å². The molecule has 1 rings (SSSR count). The summed E-state index contributed by atoms with van der Waals surface area (Å²) in [5, 5.41) is 12.5. The standard InChI is InChI=1S/C12H26N2O/c1-11(2,3)14-8-10(6-7-15)13-9-12(14,4)5/h10,13,15H,6-9H2,1-5H3. The third-order valence-electron chi connectivity index (χ3n) is 3.24. The molecule has 0 aliphatic carbocycles. The third kappa shape index (κ3) is 3.16. The van der Waals surface area contributed by atoms with Crippen LogP contribution in [0.1, 0.15) is 41.0 Å². The Morgan fingerprint density at radius 3 is 2.47 bits per heavy atom. The van der Waals surface area contributed by atoms with Crippen LogP contribution in [0.3, 0.4) is 0 Å². The van der Waals surface area contributed by atoms with Gasteiger partial charge in [0.1, 0.15) is 0 Å². The minimum atomic E-state index is 0.194. The van der Waals surface area contributed by atoms with Crippen LogP contribution in [0.5, 0.6) is 0 Å². The van der Waals surface area contributed by atoms with Crippen molar-refractivity contribution in [1.29, 1.82) is 0 Å². The summed E-state index contributed by atoms with van der Waals surface area (Å²) >= 11 is 0. The fourth-order valence-electron chi connectivity index (χ4n) is 2.55. The van der Waals surface area contributed by atoms with Crippen LogP contribution in [0.25, 0.3) is 0 Å². The molecule has 1 atom stereocenters. The molecule has 0 aromatic rings. The molecule has 0 radical (unpaired) electrons. The molecule has 15 heavy (non-hydrogen) atoms. The highest BCUT2D eigenvalue weighted by molar-refractivity contribution is 4.97. The SMILES string of the molecule is CC(C)(C)N1CC(CCO)NCC1(C)C. The number of hydrogen-bond acceptors (Lipinski definition) is 3. The van der Waals surface area contributed by atoms with Crippen LogP contribution in [-0.2, 0) is 0 Å². The number of hydrogen-bond donors (Lipinski definition) is 2. The Bertz CT molecular complexity index is 208. The zero-order valence-electron chi connectivity index (χ0n) is 10.8. The maximum atomic E-state index is 8.98. The van der Waals surface area contributed by atoms with E-state index in [1.54, 1.807) is 0 Å². The van der Waals surface area contributed by atoms with Crippen molar-refractivity contribution in [3.63, 3.8) is 0 Å². The van der Waals surface area contributed by atoms with Crippen LogP contribution in [0.15, 0.2) is 0 Å². The van der Waals surface area contributed by atoms with Crippen LogP contribution in [-0.4, -0.2) is 46.8 Å². The maximum Gasteiger partial charge on any atom is 0.0446 e. The molecule has 3 nitrogen and oxygen atoms in total. The topological polar surface area (TPSA) is 35.5 Å². The molecular weight excluding hydrogens is 188 g/mol. The molecule has 0 saturated carbocycles. The van der Waals surface area contributed by atoms with E-state index in [1.807, 2.05) is 0 Å². The maximum absolute atomic E-state index is 8.98. The van der Waals surface area contributed by atoms with E-state index >= 15 is 0 Å². The van der Waals surface area contributed by atoms with Crippen LogP contribution in [0.2, 0.25) is 0 Å². The largest absolute Gasteiger partial charge is 0.396 e. The minimum absolute atomic E-state index is 0.194. The lowest BCUT2D eigenvalue weighted by Crippen LogP contribution is -2.66. The Kier molecular flexibility index (Phi) is 3.80. The fourth-order valence-corrected chi connectivity index (χ4v) is 2.55. The van der Waals surface area contributed by atoms with Gasteiger partial charge < -0.3 is 10.4 Å². The van der Waals surface area contributed by atoms with Gasteiger partial charge in [0.2, 0.25) is 0 Å². The van der Waals surface area contributed by atoms with Gasteiger partial charge in [-0.1, -0.05) is 0 Å². The predicted molar refractivity (Wildman–Crippen MR) is 64.0 cm³/mol. The highest BCUT2D eigenvalue weighted by Crippen LogP contribution is 2.28. The Hall–Kier alpha value is -0.120. The van der Waals surface area contributed by atoms with E-state index in [2.05, 4.69) is 44.8 Å². The van der Waals surface area contributed by atoms with Crippen molar-refractivity contribution in [1.82, 2.24) is 10.2 Å². The van der Waals surface area contributed by atoms with E-state index in [0.29, 0.717) is 6.04 Å². The molecule has 0 spiro atoms. The van der Waals surface area contributed by atoms with Gasteiger partial charge in [0, 0.05) is 36.8 Å². The number of piperazine rings is 1. The van der Waals surface area contributed by atoms with Gasteiger partial charge in [0.25, 0.3) is 0 Å². The lowest BCUT2D eigenvalue weighted by molar-refractivity contribution is -0.0126. The second kappa shape index (κ2) is 4.40. The summed E-state index contributed by atoms with van der Waals surface area (Å²) in [5.41, 5.74) is 0.392. The third-order valence-corrected chi connectivity index (χ3v) is 3.24. The highest BCUT2D eigenvalue weighted by Gasteiger charge is 2.39. The summed E-state index contributed by atoms with van der Waals surface area (Å²) in [5.74, 6) is 0. The smallest absolute Gasteiger partial charge is 0.0446 e. The van der Waals surface area contributed by atoms with E-state index in [0.717, 1.165) is 19.5 Å². The molecule has 1 aliphatic rings. The van der Waals surface area contributed by atoms with Crippen molar-refractivity contribution in [2.24, 2.45) is 0 Å². The van der Waals surface area contributed by atoms with Crippen molar-refractivity contribution >= 4 is 0 Å². The molecule has 0 aromatic heterocycles. The van der Waals surface area contributed by atoms with E-state index in [-0.39, 0.29) is 17.7 Å². The molecule has 0 amide bonds. The van der Waals surface area contributed by atoms with Gasteiger partial charge in [0.05, 0.1) is 0 Å². The second-order valence-electron chi connectivity index (χ2n) is 6.18. The van der Waals surface area contributed by atoms with E-state index < -0.39 is 0 Å². The first-order valence-electron chi connectivity index (χ1n) is 5.89. The average molecular weight is 214 g/mol. The van der Waals surface area contributed by atoms with Crippen molar-refractivity contribution in [2.75, 3.05) is 19.7 Å². The lowest BCUT2D eigenvalue weighted by atomic mass is 9.90. The van der Waals surface area contributed by atoms with Crippen molar-refractivity contribution in [3.05, 3.63) is 0 Å². The van der Waals surface area contributed by atoms with Gasteiger partial charge in [-0.15, -0.1) is 0 Å². The summed E-state index contributed by atoms with van der Waals surface area (Å²) in [6.45, 7) is 13.6. The molecule has 2 N–H and O–H groups in total. The van der Waals surface area contributed by atoms with Gasteiger partial charge in [-0.3, -0.25) is 4.90 Å². The number of nitrogens with one attached hydrogen (secondary N) is 1. The summed E-state index contributed by atoms with van der Waals surface area (Å²) in [4.78, 5) is 2.54. The Labute approximate surface area is 93.9 Å². The predicted octanol–water partition coefficient (Wildman–Crippen LogP) is 1.22. The van der Waals surface area contributed by atoms with Gasteiger partial charge in [-0.25, -0.2) is 0 Å². The van der Waals surface area contributed by atoms with Gasteiger partial charge >= 0.3 is 0 Å².